The molecule has 12 heavy (non-hydrogen) atoms. The van der Waals surface area contributed by atoms with E-state index in [9.17, 15) is 13.2 Å². The minimum atomic E-state index is -4.67. The number of allylic oxidation sites excluding steroid dienone is 3. The Kier molecular flexibility index (Phi) is 3.64. The molecule has 0 heterocycles. The van der Waals surface area contributed by atoms with Crippen LogP contribution in [0.25, 0.3) is 0 Å². The van der Waals surface area contributed by atoms with E-state index in [1.54, 1.807) is 13.8 Å². The van der Waals surface area contributed by atoms with Crippen molar-refractivity contribution in [1.29, 1.82) is 0 Å². The lowest BCUT2D eigenvalue weighted by Gasteiger charge is -2.01. The summed E-state index contributed by atoms with van der Waals surface area (Å²) in [5.74, 6) is -1.61. The SMILES string of the molecule is CC(C)=C=C/C=C(\O)C(F)(F)F. The Bertz CT molecular complexity index is 238. The molecule has 0 aliphatic rings. The smallest absolute Gasteiger partial charge is 0.448 e. The van der Waals surface area contributed by atoms with Crippen LogP contribution in [0.15, 0.2) is 29.2 Å². The summed E-state index contributed by atoms with van der Waals surface area (Å²) in [6, 6.07) is 0. The second-order valence-corrected chi connectivity index (χ2v) is 2.36. The zero-order valence-electron chi connectivity index (χ0n) is 6.74. The molecule has 0 radical (unpaired) electrons. The van der Waals surface area contributed by atoms with Gasteiger partial charge >= 0.3 is 6.18 Å². The van der Waals surface area contributed by atoms with Crippen molar-refractivity contribution < 1.29 is 18.3 Å². The van der Waals surface area contributed by atoms with Crippen LogP contribution in [0.1, 0.15) is 13.8 Å². The first-order valence-corrected chi connectivity index (χ1v) is 3.20. The highest BCUT2D eigenvalue weighted by Gasteiger charge is 2.32. The van der Waals surface area contributed by atoms with Crippen LogP contribution >= 0.6 is 0 Å². The largest absolute Gasteiger partial charge is 0.504 e. The molecule has 0 rings (SSSR count). The molecule has 0 aromatic rings. The fraction of sp³-hybridized carbons (Fsp3) is 0.375. The molecule has 0 spiro atoms. The molecule has 0 aliphatic carbocycles. The zero-order valence-corrected chi connectivity index (χ0v) is 6.74. The van der Waals surface area contributed by atoms with Crippen LogP contribution in [0.3, 0.4) is 0 Å². The van der Waals surface area contributed by atoms with Gasteiger partial charge in [-0.1, -0.05) is 0 Å². The van der Waals surface area contributed by atoms with Crippen molar-refractivity contribution in [2.24, 2.45) is 0 Å². The van der Waals surface area contributed by atoms with Crippen molar-refractivity contribution in [2.75, 3.05) is 0 Å². The molecular formula is C8H9F3O. The standard InChI is InChI=1S/C8H9F3O/c1-6(2)4-3-5-7(12)8(9,10)11/h3,5,12H,1-2H3/b7-5-. The van der Waals surface area contributed by atoms with Gasteiger partial charge in [0.05, 0.1) is 0 Å². The predicted molar refractivity (Wildman–Crippen MR) is 39.7 cm³/mol. The Hall–Kier alpha value is -1.15. The van der Waals surface area contributed by atoms with Gasteiger partial charge in [0, 0.05) is 0 Å². The molecule has 0 saturated carbocycles. The van der Waals surface area contributed by atoms with Gasteiger partial charge in [0.2, 0.25) is 0 Å². The molecule has 0 bridgehead atoms. The average Bonchev–Trinajstić information content (AvgIpc) is 1.84. The van der Waals surface area contributed by atoms with Gasteiger partial charge in [-0.15, -0.1) is 5.73 Å². The van der Waals surface area contributed by atoms with Crippen LogP contribution in [0.5, 0.6) is 0 Å². The fourth-order valence-electron chi connectivity index (χ4n) is 0.382. The summed E-state index contributed by atoms with van der Waals surface area (Å²) in [5, 5.41) is 8.35. The van der Waals surface area contributed by atoms with Crippen LogP contribution in [0.2, 0.25) is 0 Å². The maximum absolute atomic E-state index is 11.6. The number of hydrogen-bond acceptors (Lipinski definition) is 1. The first kappa shape index (κ1) is 10.8. The summed E-state index contributed by atoms with van der Waals surface area (Å²) in [6.45, 7) is 3.38. The topological polar surface area (TPSA) is 20.2 Å². The van der Waals surface area contributed by atoms with Crippen LogP contribution in [-0.4, -0.2) is 11.3 Å². The number of alkyl halides is 3. The van der Waals surface area contributed by atoms with E-state index in [0.29, 0.717) is 6.08 Å². The summed E-state index contributed by atoms with van der Waals surface area (Å²) in [4.78, 5) is 0. The van der Waals surface area contributed by atoms with Crippen molar-refractivity contribution in [2.45, 2.75) is 20.0 Å². The van der Waals surface area contributed by atoms with Gasteiger partial charge in [0.25, 0.3) is 0 Å². The quantitative estimate of drug-likeness (QED) is 0.371. The van der Waals surface area contributed by atoms with E-state index in [0.717, 1.165) is 11.6 Å². The number of rotatable bonds is 1. The van der Waals surface area contributed by atoms with Crippen molar-refractivity contribution in [3.63, 3.8) is 0 Å². The Morgan fingerprint density at radius 1 is 1.33 bits per heavy atom. The second kappa shape index (κ2) is 4.02. The Morgan fingerprint density at radius 2 is 1.83 bits per heavy atom. The van der Waals surface area contributed by atoms with Crippen LogP contribution < -0.4 is 0 Å². The van der Waals surface area contributed by atoms with E-state index >= 15 is 0 Å². The molecule has 0 aromatic heterocycles. The third kappa shape index (κ3) is 4.63. The molecular weight excluding hydrogens is 169 g/mol. The van der Waals surface area contributed by atoms with Crippen molar-refractivity contribution in [3.8, 4) is 0 Å². The van der Waals surface area contributed by atoms with E-state index < -0.39 is 11.9 Å². The highest BCUT2D eigenvalue weighted by Crippen LogP contribution is 2.22. The lowest BCUT2D eigenvalue weighted by molar-refractivity contribution is -0.120. The molecule has 0 saturated heterocycles. The average molecular weight is 178 g/mol. The first-order chi connectivity index (χ1) is 5.34. The van der Waals surface area contributed by atoms with E-state index in [1.807, 2.05) is 0 Å². The summed E-state index contributed by atoms with van der Waals surface area (Å²) in [6.07, 6.45) is -3.08. The lowest BCUT2D eigenvalue weighted by Crippen LogP contribution is -2.10. The molecule has 0 aromatic carbocycles. The van der Waals surface area contributed by atoms with E-state index in [4.69, 9.17) is 5.11 Å². The van der Waals surface area contributed by atoms with E-state index in [-0.39, 0.29) is 0 Å². The minimum absolute atomic E-state index is 0.562. The van der Waals surface area contributed by atoms with Crippen molar-refractivity contribution >= 4 is 0 Å². The molecule has 0 amide bonds. The van der Waals surface area contributed by atoms with Gasteiger partial charge in [-0.05, 0) is 31.6 Å². The number of halogens is 3. The first-order valence-electron chi connectivity index (χ1n) is 3.20. The summed E-state index contributed by atoms with van der Waals surface area (Å²) < 4.78 is 34.8. The van der Waals surface area contributed by atoms with E-state index in [1.165, 1.54) is 0 Å². The molecule has 4 heteroatoms. The van der Waals surface area contributed by atoms with Crippen LogP contribution in [0.4, 0.5) is 13.2 Å². The molecule has 0 atom stereocenters. The van der Waals surface area contributed by atoms with Crippen molar-refractivity contribution in [1.82, 2.24) is 0 Å². The lowest BCUT2D eigenvalue weighted by atomic mass is 10.3. The Morgan fingerprint density at radius 3 is 2.17 bits per heavy atom. The maximum Gasteiger partial charge on any atom is 0.448 e. The maximum atomic E-state index is 11.6. The van der Waals surface area contributed by atoms with Gasteiger partial charge in [-0.2, -0.15) is 13.2 Å². The van der Waals surface area contributed by atoms with Crippen LogP contribution in [-0.2, 0) is 0 Å². The van der Waals surface area contributed by atoms with Gasteiger partial charge in [-0.3, -0.25) is 0 Å². The Labute approximate surface area is 68.5 Å². The molecule has 0 unspecified atom stereocenters. The highest BCUT2D eigenvalue weighted by atomic mass is 19.4. The third-order valence-electron chi connectivity index (χ3n) is 0.904. The zero-order chi connectivity index (χ0) is 9.78. The number of aliphatic hydroxyl groups excluding tert-OH is 1. The number of aliphatic hydroxyl groups is 1. The van der Waals surface area contributed by atoms with Crippen molar-refractivity contribution in [3.05, 3.63) is 29.2 Å². The van der Waals surface area contributed by atoms with Gasteiger partial charge in [0.1, 0.15) is 0 Å². The molecule has 1 N–H and O–H groups in total. The minimum Gasteiger partial charge on any atom is -0.504 e. The third-order valence-corrected chi connectivity index (χ3v) is 0.904. The fourth-order valence-corrected chi connectivity index (χ4v) is 0.382. The second-order valence-electron chi connectivity index (χ2n) is 2.36. The van der Waals surface area contributed by atoms with E-state index in [2.05, 4.69) is 5.73 Å². The highest BCUT2D eigenvalue weighted by molar-refractivity contribution is 5.11. The molecule has 1 nitrogen and oxygen atoms in total. The normalized spacial score (nSPS) is 12.2. The predicted octanol–water partition coefficient (Wildman–Crippen LogP) is 3.11. The molecule has 0 fully saturated rings. The molecule has 68 valence electrons. The van der Waals surface area contributed by atoms with Gasteiger partial charge in [0.15, 0.2) is 5.76 Å². The van der Waals surface area contributed by atoms with Gasteiger partial charge in [-0.25, -0.2) is 0 Å². The summed E-state index contributed by atoms with van der Waals surface area (Å²) in [7, 11) is 0. The van der Waals surface area contributed by atoms with Crippen LogP contribution in [0, 0.1) is 0 Å². The summed E-state index contributed by atoms with van der Waals surface area (Å²) >= 11 is 0. The summed E-state index contributed by atoms with van der Waals surface area (Å²) in [5.41, 5.74) is 3.24. The number of hydrogen-bond donors (Lipinski definition) is 1. The Balaban J connectivity index is 4.51. The van der Waals surface area contributed by atoms with Gasteiger partial charge < -0.3 is 5.11 Å². The monoisotopic (exact) mass is 178 g/mol. The molecule has 0 aliphatic heterocycles.